The summed E-state index contributed by atoms with van der Waals surface area (Å²) < 4.78 is 0. The Morgan fingerprint density at radius 2 is 1.60 bits per heavy atom. The first kappa shape index (κ1) is 28.4. The smallest absolute Gasteiger partial charge is 0.274 e. The van der Waals surface area contributed by atoms with E-state index in [1.54, 1.807) is 12.3 Å². The number of hydrogen-bond donors (Lipinski definition) is 1. The zero-order valence-corrected chi connectivity index (χ0v) is 26.1. The molecule has 4 saturated carbocycles. The molecule has 5 fully saturated rings. The van der Waals surface area contributed by atoms with Gasteiger partial charge in [0, 0.05) is 58.1 Å². The highest BCUT2D eigenvalue weighted by molar-refractivity contribution is 5.98. The summed E-state index contributed by atoms with van der Waals surface area (Å²) in [6.07, 6.45) is 11.4. The fourth-order valence-corrected chi connectivity index (χ4v) is 9.56. The highest BCUT2D eigenvalue weighted by Gasteiger charge is 2.51. The lowest BCUT2D eigenvalue weighted by Gasteiger charge is -2.57. The van der Waals surface area contributed by atoms with Crippen LogP contribution in [0.1, 0.15) is 54.6 Å². The van der Waals surface area contributed by atoms with E-state index in [1.165, 1.54) is 55.7 Å². The van der Waals surface area contributed by atoms with Crippen molar-refractivity contribution in [3.8, 4) is 16.9 Å². The second-order valence-electron chi connectivity index (χ2n) is 14.4. The van der Waals surface area contributed by atoms with Gasteiger partial charge < -0.3 is 14.9 Å². The first-order valence-electron chi connectivity index (χ1n) is 16.6. The second-order valence-corrected chi connectivity index (χ2v) is 14.4. The van der Waals surface area contributed by atoms with Crippen molar-refractivity contribution in [1.82, 2.24) is 25.0 Å². The average Bonchev–Trinajstić information content (AvgIpc) is 3.04. The van der Waals surface area contributed by atoms with Gasteiger partial charge in [0.25, 0.3) is 5.91 Å². The maximum Gasteiger partial charge on any atom is 0.274 e. The minimum atomic E-state index is -0.00631. The number of nitrogens with zero attached hydrogens (tertiary/aromatic N) is 6. The lowest BCUT2D eigenvalue weighted by Crippen LogP contribution is -2.51. The van der Waals surface area contributed by atoms with Crippen LogP contribution in [0, 0.1) is 23.2 Å². The molecular weight excluding hydrogens is 560 g/mol. The molecule has 1 aliphatic heterocycles. The van der Waals surface area contributed by atoms with Gasteiger partial charge in [-0.1, -0.05) is 36.4 Å². The first-order chi connectivity index (χ1) is 21.9. The van der Waals surface area contributed by atoms with E-state index in [1.807, 2.05) is 24.1 Å². The second kappa shape index (κ2) is 11.4. The number of rotatable bonds is 7. The van der Waals surface area contributed by atoms with E-state index in [-0.39, 0.29) is 11.7 Å². The normalized spacial score (nSPS) is 26.0. The van der Waals surface area contributed by atoms with Crippen LogP contribution in [0.2, 0.25) is 0 Å². The molecule has 8 nitrogen and oxygen atoms in total. The number of amides is 1. The van der Waals surface area contributed by atoms with Crippen molar-refractivity contribution < 1.29 is 9.90 Å². The molecule has 4 aliphatic carbocycles. The van der Waals surface area contributed by atoms with E-state index in [4.69, 9.17) is 0 Å². The summed E-state index contributed by atoms with van der Waals surface area (Å²) in [5.74, 6) is 3.65. The van der Waals surface area contributed by atoms with Gasteiger partial charge >= 0.3 is 0 Å². The third kappa shape index (κ3) is 5.54. The molecule has 2 aromatic heterocycles. The number of carbonyl (C=O) groups excluding carboxylic acids is 1. The van der Waals surface area contributed by atoms with Crippen LogP contribution in [0.15, 0.2) is 67.0 Å². The summed E-state index contributed by atoms with van der Waals surface area (Å²) in [5.41, 5.74) is 4.04. The lowest BCUT2D eigenvalue weighted by molar-refractivity contribution is -0.0629. The van der Waals surface area contributed by atoms with E-state index >= 15 is 0 Å². The molecule has 3 heterocycles. The predicted octanol–water partition coefficient (Wildman–Crippen LogP) is 6.01. The van der Waals surface area contributed by atoms with Gasteiger partial charge in [0.1, 0.15) is 5.75 Å². The predicted molar refractivity (Wildman–Crippen MR) is 176 cm³/mol. The summed E-state index contributed by atoms with van der Waals surface area (Å²) in [7, 11) is 1.95. The summed E-state index contributed by atoms with van der Waals surface area (Å²) in [6.45, 7) is 5.27. The zero-order chi connectivity index (χ0) is 30.5. The van der Waals surface area contributed by atoms with Crippen LogP contribution in [-0.2, 0) is 6.54 Å². The molecule has 4 bridgehead atoms. The third-order valence-electron chi connectivity index (χ3n) is 11.1. The van der Waals surface area contributed by atoms with Crippen molar-refractivity contribution in [2.75, 3.05) is 44.7 Å². The van der Waals surface area contributed by atoms with Crippen molar-refractivity contribution in [2.24, 2.45) is 23.2 Å². The molecule has 0 radical (unpaired) electrons. The van der Waals surface area contributed by atoms with Crippen LogP contribution in [0.4, 0.5) is 5.82 Å². The van der Waals surface area contributed by atoms with Crippen molar-refractivity contribution in [1.29, 1.82) is 0 Å². The van der Waals surface area contributed by atoms with Crippen LogP contribution in [-0.4, -0.2) is 75.8 Å². The molecule has 4 aromatic rings. The SMILES string of the molecule is CN(CC12CC3CC(CC(C3)C1)C2)C(=O)c1ccc(N2CCN(Cc3ccc(-c4cncc(O)c4)c4ccccc34)CC2)nn1. The first-order valence-corrected chi connectivity index (χ1v) is 16.6. The molecule has 2 aromatic carbocycles. The molecule has 9 rings (SSSR count). The topological polar surface area (TPSA) is 85.7 Å². The molecular formula is C37H42N6O2. The number of anilines is 1. The van der Waals surface area contributed by atoms with E-state index in [9.17, 15) is 9.90 Å². The van der Waals surface area contributed by atoms with Gasteiger partial charge in [0.05, 0.1) is 6.20 Å². The Morgan fingerprint density at radius 3 is 2.27 bits per heavy atom. The van der Waals surface area contributed by atoms with Crippen LogP contribution in [0.25, 0.3) is 21.9 Å². The van der Waals surface area contributed by atoms with E-state index in [2.05, 4.69) is 61.4 Å². The number of fused-ring (bicyclic) bond motifs is 1. The highest BCUT2D eigenvalue weighted by Crippen LogP contribution is 2.60. The maximum atomic E-state index is 13.4. The van der Waals surface area contributed by atoms with Gasteiger partial charge in [0.2, 0.25) is 0 Å². The molecule has 1 saturated heterocycles. The number of pyridine rings is 1. The quantitative estimate of drug-likeness (QED) is 0.277. The molecule has 0 atom stereocenters. The summed E-state index contributed by atoms with van der Waals surface area (Å²) in [6, 6.07) is 18.4. The van der Waals surface area contributed by atoms with Gasteiger partial charge in [-0.25, -0.2) is 0 Å². The van der Waals surface area contributed by atoms with Crippen LogP contribution >= 0.6 is 0 Å². The number of aromatic hydroxyl groups is 1. The van der Waals surface area contributed by atoms with Crippen LogP contribution in [0.5, 0.6) is 5.75 Å². The number of hydrogen-bond acceptors (Lipinski definition) is 7. The fourth-order valence-electron chi connectivity index (χ4n) is 9.56. The third-order valence-corrected chi connectivity index (χ3v) is 11.1. The van der Waals surface area contributed by atoms with Gasteiger partial charge in [-0.3, -0.25) is 14.7 Å². The van der Waals surface area contributed by atoms with Crippen LogP contribution in [0.3, 0.4) is 0 Å². The van der Waals surface area contributed by atoms with Crippen molar-refractivity contribution in [3.63, 3.8) is 0 Å². The minimum Gasteiger partial charge on any atom is -0.506 e. The standard InChI is InChI=1S/C37H42N6O2/c1-41(24-37-18-25-14-26(19-37)16-27(15-25)20-37)36(45)34-8-9-35(40-39-34)43-12-10-42(11-13-43)23-28-6-7-32(29-17-30(44)22-38-21-29)33-5-3-2-4-31(28)33/h2-9,17,21-22,25-27,44H,10-16,18-20,23-24H2,1H3. The molecule has 0 unspecified atom stereocenters. The van der Waals surface area contributed by atoms with Crippen LogP contribution < -0.4 is 4.90 Å². The zero-order valence-electron chi connectivity index (χ0n) is 26.1. The molecule has 5 aliphatic rings. The van der Waals surface area contributed by atoms with Gasteiger partial charge in [-0.15, -0.1) is 10.2 Å². The van der Waals surface area contributed by atoms with E-state index < -0.39 is 0 Å². The number of benzene rings is 2. The number of piperazine rings is 1. The Balaban J connectivity index is 0.891. The Labute approximate surface area is 265 Å². The molecule has 1 amide bonds. The van der Waals surface area contributed by atoms with Gasteiger partial charge in [0.15, 0.2) is 11.5 Å². The Kier molecular flexibility index (Phi) is 7.20. The number of carbonyl (C=O) groups is 1. The largest absolute Gasteiger partial charge is 0.506 e. The maximum absolute atomic E-state index is 13.4. The fraction of sp³-hybridized carbons (Fsp3) is 0.459. The number of aromatic nitrogens is 3. The van der Waals surface area contributed by atoms with Gasteiger partial charge in [-0.2, -0.15) is 0 Å². The summed E-state index contributed by atoms with van der Waals surface area (Å²) in [4.78, 5) is 24.2. The Hall–Kier alpha value is -4.04. The minimum absolute atomic E-state index is 0.00631. The monoisotopic (exact) mass is 602 g/mol. The summed E-state index contributed by atoms with van der Waals surface area (Å²) in [5, 5.41) is 21.3. The van der Waals surface area contributed by atoms with Crippen molar-refractivity contribution in [3.05, 3.63) is 78.2 Å². The van der Waals surface area contributed by atoms with E-state index in [0.717, 1.165) is 79.4 Å². The van der Waals surface area contributed by atoms with Crippen molar-refractivity contribution in [2.45, 2.75) is 45.1 Å². The molecule has 0 spiro atoms. The molecule has 232 valence electrons. The molecule has 8 heteroatoms. The van der Waals surface area contributed by atoms with Crippen molar-refractivity contribution >= 4 is 22.5 Å². The van der Waals surface area contributed by atoms with E-state index in [0.29, 0.717) is 11.1 Å². The lowest BCUT2D eigenvalue weighted by atomic mass is 9.49. The highest BCUT2D eigenvalue weighted by atomic mass is 16.3. The molecule has 45 heavy (non-hydrogen) atoms. The Morgan fingerprint density at radius 1 is 0.889 bits per heavy atom. The Bertz CT molecular complexity index is 1680. The van der Waals surface area contributed by atoms with Gasteiger partial charge in [-0.05, 0) is 102 Å². The molecule has 1 N–H and O–H groups in total. The summed E-state index contributed by atoms with van der Waals surface area (Å²) >= 11 is 0. The average molecular weight is 603 g/mol.